The zero-order chi connectivity index (χ0) is 21.4. The first-order valence-electron chi connectivity index (χ1n) is 11.3. The van der Waals surface area contributed by atoms with E-state index < -0.39 is 0 Å². The van der Waals surface area contributed by atoms with Gasteiger partial charge in [0.05, 0.1) is 11.1 Å². The summed E-state index contributed by atoms with van der Waals surface area (Å²) in [6, 6.07) is 8.10. The number of aromatic nitrogens is 4. The van der Waals surface area contributed by atoms with Crippen molar-refractivity contribution in [1.82, 2.24) is 19.2 Å². The summed E-state index contributed by atoms with van der Waals surface area (Å²) in [6.45, 7) is 4.29. The fraction of sp³-hybridized carbons (Fsp3) is 0.458. The van der Waals surface area contributed by atoms with Crippen molar-refractivity contribution in [2.45, 2.75) is 70.4 Å². The van der Waals surface area contributed by atoms with Crippen molar-refractivity contribution < 1.29 is 0 Å². The van der Waals surface area contributed by atoms with E-state index in [1.54, 1.807) is 27.7 Å². The van der Waals surface area contributed by atoms with Gasteiger partial charge in [0.2, 0.25) is 5.78 Å². The Bertz CT molecular complexity index is 1300. The Morgan fingerprint density at radius 3 is 2.84 bits per heavy atom. The molecular formula is C24H28N4OS2. The van der Waals surface area contributed by atoms with Crippen molar-refractivity contribution in [2.24, 2.45) is 0 Å². The van der Waals surface area contributed by atoms with Crippen LogP contribution in [0.4, 0.5) is 0 Å². The lowest BCUT2D eigenvalue weighted by molar-refractivity contribution is 0.699. The average Bonchev–Trinajstić information content (AvgIpc) is 3.35. The minimum absolute atomic E-state index is 0.0411. The van der Waals surface area contributed by atoms with E-state index in [1.165, 1.54) is 42.5 Å². The minimum atomic E-state index is 0.0411. The van der Waals surface area contributed by atoms with Crippen molar-refractivity contribution in [2.75, 3.05) is 5.75 Å². The lowest BCUT2D eigenvalue weighted by Gasteiger charge is -2.12. The molecule has 31 heavy (non-hydrogen) atoms. The third-order valence-electron chi connectivity index (χ3n) is 6.08. The molecule has 5 rings (SSSR count). The molecule has 0 unspecified atom stereocenters. The Hall–Kier alpha value is -2.12. The molecule has 0 saturated heterocycles. The van der Waals surface area contributed by atoms with Crippen molar-refractivity contribution in [3.8, 4) is 5.69 Å². The fourth-order valence-corrected chi connectivity index (χ4v) is 6.87. The van der Waals surface area contributed by atoms with Gasteiger partial charge in [0.15, 0.2) is 5.16 Å². The molecule has 0 fully saturated rings. The van der Waals surface area contributed by atoms with Crippen LogP contribution in [0.2, 0.25) is 0 Å². The van der Waals surface area contributed by atoms with Crippen molar-refractivity contribution in [3.05, 3.63) is 50.6 Å². The van der Waals surface area contributed by atoms with Gasteiger partial charge >= 0.3 is 0 Å². The van der Waals surface area contributed by atoms with Gasteiger partial charge in [-0.05, 0) is 62.3 Å². The number of rotatable bonds is 7. The fourth-order valence-electron chi connectivity index (χ4n) is 4.50. The number of thiophene rings is 1. The number of hydrogen-bond acceptors (Lipinski definition) is 5. The molecule has 3 heterocycles. The third kappa shape index (κ3) is 3.72. The van der Waals surface area contributed by atoms with E-state index in [4.69, 9.17) is 0 Å². The van der Waals surface area contributed by atoms with Gasteiger partial charge in [-0.2, -0.15) is 0 Å². The Kier molecular flexibility index (Phi) is 5.89. The first kappa shape index (κ1) is 20.8. The molecule has 7 heteroatoms. The number of nitrogens with zero attached hydrogens (tertiary/aromatic N) is 4. The Morgan fingerprint density at radius 1 is 1.13 bits per heavy atom. The van der Waals surface area contributed by atoms with Crippen LogP contribution in [0.25, 0.3) is 21.7 Å². The highest BCUT2D eigenvalue weighted by atomic mass is 32.2. The summed E-state index contributed by atoms with van der Waals surface area (Å²) in [5.41, 5.74) is 3.28. The first-order chi connectivity index (χ1) is 15.2. The van der Waals surface area contributed by atoms with Crippen LogP contribution < -0.4 is 5.56 Å². The molecule has 1 aliphatic rings. The highest BCUT2D eigenvalue weighted by Gasteiger charge is 2.25. The van der Waals surface area contributed by atoms with E-state index in [0.29, 0.717) is 5.78 Å². The molecule has 162 valence electrons. The molecule has 0 aliphatic heterocycles. The van der Waals surface area contributed by atoms with Gasteiger partial charge in [0.1, 0.15) is 4.83 Å². The van der Waals surface area contributed by atoms with E-state index in [9.17, 15) is 4.79 Å². The van der Waals surface area contributed by atoms with Crippen LogP contribution >= 0.6 is 23.1 Å². The molecule has 1 aromatic carbocycles. The highest BCUT2D eigenvalue weighted by molar-refractivity contribution is 7.99. The average molecular weight is 453 g/mol. The summed E-state index contributed by atoms with van der Waals surface area (Å²) in [5.74, 6) is 1.65. The zero-order valence-corrected chi connectivity index (χ0v) is 19.8. The van der Waals surface area contributed by atoms with Crippen LogP contribution in [-0.2, 0) is 12.8 Å². The summed E-state index contributed by atoms with van der Waals surface area (Å²) in [7, 11) is 0. The topological polar surface area (TPSA) is 52.2 Å². The molecule has 4 aromatic rings. The quantitative estimate of drug-likeness (QED) is 0.257. The minimum Gasteiger partial charge on any atom is -0.268 e. The molecule has 0 amide bonds. The number of fused-ring (bicyclic) bond motifs is 5. The van der Waals surface area contributed by atoms with Gasteiger partial charge in [0, 0.05) is 10.6 Å². The molecule has 3 aromatic heterocycles. The van der Waals surface area contributed by atoms with Crippen LogP contribution in [0.15, 0.2) is 34.2 Å². The van der Waals surface area contributed by atoms with E-state index in [2.05, 4.69) is 40.6 Å². The first-order valence-corrected chi connectivity index (χ1v) is 13.1. The lowest BCUT2D eigenvalue weighted by atomic mass is 9.97. The van der Waals surface area contributed by atoms with Gasteiger partial charge in [-0.1, -0.05) is 50.1 Å². The second-order valence-electron chi connectivity index (χ2n) is 8.40. The lowest BCUT2D eigenvalue weighted by Crippen LogP contribution is -2.22. The maximum atomic E-state index is 13.8. The van der Waals surface area contributed by atoms with E-state index in [0.717, 1.165) is 51.6 Å². The number of hydrogen-bond donors (Lipinski definition) is 0. The molecule has 0 atom stereocenters. The number of thioether (sulfide) groups is 1. The number of benzene rings is 1. The smallest absolute Gasteiger partial charge is 0.268 e. The van der Waals surface area contributed by atoms with Gasteiger partial charge in [0.25, 0.3) is 5.56 Å². The van der Waals surface area contributed by atoms with Crippen molar-refractivity contribution in [1.29, 1.82) is 0 Å². The Balaban J connectivity index is 1.72. The predicted octanol–water partition coefficient (Wildman–Crippen LogP) is 5.95. The molecule has 5 nitrogen and oxygen atoms in total. The van der Waals surface area contributed by atoms with Crippen LogP contribution in [0.1, 0.15) is 61.5 Å². The summed E-state index contributed by atoms with van der Waals surface area (Å²) < 4.78 is 3.91. The molecular weight excluding hydrogens is 424 g/mol. The Morgan fingerprint density at radius 2 is 2.00 bits per heavy atom. The van der Waals surface area contributed by atoms with Crippen LogP contribution in [0, 0.1) is 6.92 Å². The molecule has 0 N–H and O–H groups in total. The third-order valence-corrected chi connectivity index (χ3v) is 8.37. The molecule has 1 aliphatic carbocycles. The Labute approximate surface area is 190 Å². The van der Waals surface area contributed by atoms with Crippen LogP contribution in [0.3, 0.4) is 0 Å². The summed E-state index contributed by atoms with van der Waals surface area (Å²) in [4.78, 5) is 16.2. The van der Waals surface area contributed by atoms with Crippen molar-refractivity contribution >= 4 is 39.1 Å². The summed E-state index contributed by atoms with van der Waals surface area (Å²) in [5, 5.41) is 10.8. The monoisotopic (exact) mass is 452 g/mol. The maximum absolute atomic E-state index is 13.8. The molecule has 0 saturated carbocycles. The van der Waals surface area contributed by atoms with E-state index in [1.807, 2.05) is 12.1 Å². The van der Waals surface area contributed by atoms with Crippen molar-refractivity contribution in [3.63, 3.8) is 0 Å². The van der Waals surface area contributed by atoms with E-state index >= 15 is 0 Å². The highest BCUT2D eigenvalue weighted by Crippen LogP contribution is 2.36. The van der Waals surface area contributed by atoms with Gasteiger partial charge < -0.3 is 0 Å². The predicted molar refractivity (Wildman–Crippen MR) is 130 cm³/mol. The zero-order valence-electron chi connectivity index (χ0n) is 18.2. The van der Waals surface area contributed by atoms with Gasteiger partial charge in [-0.15, -0.1) is 21.5 Å². The molecule has 0 radical (unpaired) electrons. The molecule has 0 bridgehead atoms. The number of aryl methyl sites for hydroxylation is 3. The normalized spacial score (nSPS) is 13.9. The standard InChI is InChI=1S/C24H28N4OS2/c1-3-4-5-8-14-30-24-26-25-23-27(17-11-9-10-16(2)15-17)21(29)20-18-12-6-7-13-19(18)31-22(20)28(23)24/h9-11,15H,3-8,12-14H2,1-2H3. The maximum Gasteiger partial charge on any atom is 0.268 e. The van der Waals surface area contributed by atoms with Crippen LogP contribution in [-0.4, -0.2) is 24.9 Å². The second kappa shape index (κ2) is 8.79. The molecule has 0 spiro atoms. The summed E-state index contributed by atoms with van der Waals surface area (Å²) in [6.07, 6.45) is 9.36. The van der Waals surface area contributed by atoms with Crippen LogP contribution in [0.5, 0.6) is 0 Å². The van der Waals surface area contributed by atoms with Gasteiger partial charge in [-0.3, -0.25) is 4.79 Å². The number of unbranched alkanes of at least 4 members (excludes halogenated alkanes) is 3. The van der Waals surface area contributed by atoms with E-state index in [-0.39, 0.29) is 5.56 Å². The SMILES string of the molecule is CCCCCCSc1nnc2n(-c3cccc(C)c3)c(=O)c3c4c(sc3n12)CCCC4. The largest absolute Gasteiger partial charge is 0.268 e. The second-order valence-corrected chi connectivity index (χ2v) is 10.5. The van der Waals surface area contributed by atoms with Gasteiger partial charge in [-0.25, -0.2) is 8.97 Å². The summed E-state index contributed by atoms with van der Waals surface area (Å²) >= 11 is 3.53.